The summed E-state index contributed by atoms with van der Waals surface area (Å²) in [6, 6.07) is 0. The highest BCUT2D eigenvalue weighted by Crippen LogP contribution is 2.16. The van der Waals surface area contributed by atoms with Gasteiger partial charge in [0.25, 0.3) is 0 Å². The molecule has 106 valence electrons. The number of likely N-dealkylation sites (tertiary alicyclic amines) is 1. The number of nitrogens with zero attached hydrogens (tertiary/aromatic N) is 2. The van der Waals surface area contributed by atoms with Crippen molar-refractivity contribution in [1.82, 2.24) is 10.2 Å². The fraction of sp³-hybridized carbons (Fsp3) is 0.909. The molecule has 6 nitrogen and oxygen atoms in total. The number of methoxy groups -OCH3 is 1. The fourth-order valence-electron chi connectivity index (χ4n) is 2.08. The minimum absolute atomic E-state index is 0.126. The van der Waals surface area contributed by atoms with Crippen molar-refractivity contribution in [3.05, 3.63) is 0 Å². The van der Waals surface area contributed by atoms with Crippen LogP contribution >= 0.6 is 0 Å². The SMILES string of the molecule is CN=C(NCCS(C)(=O)=O)N1CCC(COC)C1. The summed E-state index contributed by atoms with van der Waals surface area (Å²) in [6.45, 7) is 3.01. The lowest BCUT2D eigenvalue weighted by Gasteiger charge is -2.21. The first-order valence-electron chi connectivity index (χ1n) is 6.08. The zero-order chi connectivity index (χ0) is 13.6. The molecular formula is C11H23N3O3S. The van der Waals surface area contributed by atoms with Crippen LogP contribution < -0.4 is 5.32 Å². The van der Waals surface area contributed by atoms with Gasteiger partial charge in [-0.2, -0.15) is 0 Å². The molecule has 0 radical (unpaired) electrons. The lowest BCUT2D eigenvalue weighted by molar-refractivity contribution is 0.157. The molecule has 0 aromatic carbocycles. The molecule has 1 saturated heterocycles. The van der Waals surface area contributed by atoms with Gasteiger partial charge < -0.3 is 15.0 Å². The molecule has 1 rings (SSSR count). The number of sulfone groups is 1. The quantitative estimate of drug-likeness (QED) is 0.546. The van der Waals surface area contributed by atoms with E-state index in [1.165, 1.54) is 6.26 Å². The Labute approximate surface area is 109 Å². The van der Waals surface area contributed by atoms with E-state index < -0.39 is 9.84 Å². The minimum Gasteiger partial charge on any atom is -0.384 e. The molecule has 0 aliphatic carbocycles. The molecule has 1 unspecified atom stereocenters. The first-order chi connectivity index (χ1) is 8.46. The molecule has 0 bridgehead atoms. The molecule has 0 spiro atoms. The highest BCUT2D eigenvalue weighted by molar-refractivity contribution is 7.90. The molecule has 1 N–H and O–H groups in total. The number of hydrogen-bond donors (Lipinski definition) is 1. The Balaban J connectivity index is 2.39. The molecule has 1 aliphatic heterocycles. The molecule has 7 heteroatoms. The Kier molecular flexibility index (Phi) is 5.87. The number of aliphatic imine (C=N–C) groups is 1. The van der Waals surface area contributed by atoms with Crippen molar-refractivity contribution in [3.63, 3.8) is 0 Å². The normalized spacial score (nSPS) is 21.4. The Hall–Kier alpha value is -0.820. The Morgan fingerprint density at radius 2 is 2.28 bits per heavy atom. The third kappa shape index (κ3) is 5.22. The number of ether oxygens (including phenoxy) is 1. The fourth-order valence-corrected chi connectivity index (χ4v) is 2.55. The van der Waals surface area contributed by atoms with Gasteiger partial charge in [0, 0.05) is 46.0 Å². The zero-order valence-corrected chi connectivity index (χ0v) is 12.2. The van der Waals surface area contributed by atoms with Crippen LogP contribution in [0.25, 0.3) is 0 Å². The van der Waals surface area contributed by atoms with Crippen LogP contribution in [-0.2, 0) is 14.6 Å². The lowest BCUT2D eigenvalue weighted by Crippen LogP contribution is -2.42. The third-order valence-electron chi connectivity index (χ3n) is 2.96. The third-order valence-corrected chi connectivity index (χ3v) is 3.90. The maximum Gasteiger partial charge on any atom is 0.193 e. The van der Waals surface area contributed by atoms with Crippen molar-refractivity contribution in [2.75, 3.05) is 52.4 Å². The van der Waals surface area contributed by atoms with Gasteiger partial charge in [-0.3, -0.25) is 4.99 Å². The summed E-state index contributed by atoms with van der Waals surface area (Å²) >= 11 is 0. The molecule has 1 atom stereocenters. The maximum atomic E-state index is 11.0. The van der Waals surface area contributed by atoms with Crippen LogP contribution in [-0.4, -0.2) is 71.7 Å². The monoisotopic (exact) mass is 277 g/mol. The van der Waals surface area contributed by atoms with Gasteiger partial charge in [0.05, 0.1) is 12.4 Å². The van der Waals surface area contributed by atoms with Crippen molar-refractivity contribution >= 4 is 15.8 Å². The van der Waals surface area contributed by atoms with Gasteiger partial charge in [0.2, 0.25) is 0 Å². The van der Waals surface area contributed by atoms with Gasteiger partial charge in [0.15, 0.2) is 5.96 Å². The Morgan fingerprint density at radius 1 is 1.56 bits per heavy atom. The maximum absolute atomic E-state index is 11.0. The van der Waals surface area contributed by atoms with Gasteiger partial charge in [-0.25, -0.2) is 8.42 Å². The molecule has 0 saturated carbocycles. The van der Waals surface area contributed by atoms with Crippen molar-refractivity contribution in [2.45, 2.75) is 6.42 Å². The van der Waals surface area contributed by atoms with Crippen LogP contribution in [0.2, 0.25) is 0 Å². The molecule has 0 aromatic heterocycles. The zero-order valence-electron chi connectivity index (χ0n) is 11.3. The average Bonchev–Trinajstić information content (AvgIpc) is 2.72. The van der Waals surface area contributed by atoms with Gasteiger partial charge in [-0.15, -0.1) is 0 Å². The van der Waals surface area contributed by atoms with Crippen LogP contribution in [0.15, 0.2) is 4.99 Å². The number of hydrogen-bond acceptors (Lipinski definition) is 4. The summed E-state index contributed by atoms with van der Waals surface area (Å²) in [4.78, 5) is 6.32. The first-order valence-corrected chi connectivity index (χ1v) is 8.14. The summed E-state index contributed by atoms with van der Waals surface area (Å²) in [6.07, 6.45) is 2.32. The summed E-state index contributed by atoms with van der Waals surface area (Å²) < 4.78 is 27.2. The largest absolute Gasteiger partial charge is 0.384 e. The molecule has 0 aromatic rings. The van der Waals surface area contributed by atoms with E-state index in [1.807, 2.05) is 0 Å². The van der Waals surface area contributed by atoms with E-state index in [0.29, 0.717) is 12.5 Å². The van der Waals surface area contributed by atoms with Crippen LogP contribution in [0.1, 0.15) is 6.42 Å². The molecule has 1 fully saturated rings. The standard InChI is InChI=1S/C11H23N3O3S/c1-12-11(13-5-7-18(3,15)16)14-6-4-10(8-14)9-17-2/h10H,4-9H2,1-3H3,(H,12,13). The van der Waals surface area contributed by atoms with Crippen LogP contribution in [0, 0.1) is 5.92 Å². The summed E-state index contributed by atoms with van der Waals surface area (Å²) in [7, 11) is 0.498. The van der Waals surface area contributed by atoms with E-state index in [0.717, 1.165) is 32.1 Å². The van der Waals surface area contributed by atoms with Crippen molar-refractivity contribution in [3.8, 4) is 0 Å². The van der Waals surface area contributed by atoms with Gasteiger partial charge >= 0.3 is 0 Å². The topological polar surface area (TPSA) is 71.0 Å². The summed E-state index contributed by atoms with van der Waals surface area (Å²) in [5.74, 6) is 1.43. The Bertz CT molecular complexity index is 381. The van der Waals surface area contributed by atoms with Gasteiger partial charge in [-0.05, 0) is 6.42 Å². The smallest absolute Gasteiger partial charge is 0.193 e. The van der Waals surface area contributed by atoms with E-state index in [-0.39, 0.29) is 5.75 Å². The predicted octanol–water partition coefficient (Wildman–Crippen LogP) is -0.425. The van der Waals surface area contributed by atoms with E-state index in [9.17, 15) is 8.42 Å². The second-order valence-corrected chi connectivity index (χ2v) is 6.92. The number of rotatable bonds is 5. The van der Waals surface area contributed by atoms with Crippen LogP contribution in [0.5, 0.6) is 0 Å². The molecule has 0 amide bonds. The molecule has 1 aliphatic rings. The Morgan fingerprint density at radius 3 is 2.83 bits per heavy atom. The molecule has 1 heterocycles. The summed E-state index contributed by atoms with van der Waals surface area (Å²) in [5, 5.41) is 3.09. The number of nitrogens with one attached hydrogen (secondary N) is 1. The molecular weight excluding hydrogens is 254 g/mol. The lowest BCUT2D eigenvalue weighted by atomic mass is 10.1. The highest BCUT2D eigenvalue weighted by Gasteiger charge is 2.24. The minimum atomic E-state index is -2.93. The van der Waals surface area contributed by atoms with Gasteiger partial charge in [-0.1, -0.05) is 0 Å². The summed E-state index contributed by atoms with van der Waals surface area (Å²) in [5.41, 5.74) is 0. The van der Waals surface area contributed by atoms with Crippen molar-refractivity contribution in [1.29, 1.82) is 0 Å². The van der Waals surface area contributed by atoms with E-state index in [4.69, 9.17) is 4.74 Å². The van der Waals surface area contributed by atoms with E-state index in [1.54, 1.807) is 14.2 Å². The van der Waals surface area contributed by atoms with Crippen molar-refractivity contribution < 1.29 is 13.2 Å². The van der Waals surface area contributed by atoms with E-state index >= 15 is 0 Å². The van der Waals surface area contributed by atoms with Crippen molar-refractivity contribution in [2.24, 2.45) is 10.9 Å². The average molecular weight is 277 g/mol. The number of guanidine groups is 1. The first kappa shape index (κ1) is 15.2. The molecule has 18 heavy (non-hydrogen) atoms. The highest BCUT2D eigenvalue weighted by atomic mass is 32.2. The van der Waals surface area contributed by atoms with Crippen LogP contribution in [0.4, 0.5) is 0 Å². The van der Waals surface area contributed by atoms with Crippen LogP contribution in [0.3, 0.4) is 0 Å². The second kappa shape index (κ2) is 6.94. The predicted molar refractivity (Wildman–Crippen MR) is 72.6 cm³/mol. The van der Waals surface area contributed by atoms with E-state index in [2.05, 4.69) is 15.2 Å². The second-order valence-electron chi connectivity index (χ2n) is 4.66. The van der Waals surface area contributed by atoms with Gasteiger partial charge in [0.1, 0.15) is 9.84 Å².